The summed E-state index contributed by atoms with van der Waals surface area (Å²) in [5.41, 5.74) is 4.17. The Morgan fingerprint density at radius 2 is 2.00 bits per heavy atom. The second-order valence-electron chi connectivity index (χ2n) is 7.69. The first kappa shape index (κ1) is 16.7. The Hall–Kier alpha value is -3.20. The van der Waals surface area contributed by atoms with Gasteiger partial charge in [0, 0.05) is 50.7 Å². The summed E-state index contributed by atoms with van der Waals surface area (Å²) in [6, 6.07) is 6.50. The smallest absolute Gasteiger partial charge is 0.317 e. The van der Waals surface area contributed by atoms with Crippen LogP contribution in [0, 0.1) is 0 Å². The highest BCUT2D eigenvalue weighted by Gasteiger charge is 2.36. The summed E-state index contributed by atoms with van der Waals surface area (Å²) in [4.78, 5) is 29.7. The standard InChI is InChI=1S/C20H21N7O2/c28-20-23-10-15-11-25(3-4-26(15)20)19-21-8-14(9-22-19)13-1-2-16-17(7-13)27-5-6-29-12-18(27)24-16/h1-2,7-9,15H,3-6,10-12H2,(H,23,28). The Kier molecular flexibility index (Phi) is 3.70. The Balaban J connectivity index is 1.26. The van der Waals surface area contributed by atoms with Crippen LogP contribution in [0.3, 0.4) is 0 Å². The third kappa shape index (κ3) is 2.72. The Labute approximate surface area is 167 Å². The van der Waals surface area contributed by atoms with E-state index < -0.39 is 0 Å². The quantitative estimate of drug-likeness (QED) is 0.707. The van der Waals surface area contributed by atoms with Gasteiger partial charge in [0.15, 0.2) is 0 Å². The predicted octanol–water partition coefficient (Wildman–Crippen LogP) is 1.24. The van der Waals surface area contributed by atoms with Crippen molar-refractivity contribution in [1.82, 2.24) is 29.7 Å². The highest BCUT2D eigenvalue weighted by Crippen LogP contribution is 2.27. The van der Waals surface area contributed by atoms with Gasteiger partial charge in [0.25, 0.3) is 0 Å². The molecule has 9 heteroatoms. The van der Waals surface area contributed by atoms with Crippen molar-refractivity contribution in [3.63, 3.8) is 0 Å². The molecular formula is C20H21N7O2. The maximum Gasteiger partial charge on any atom is 0.317 e. The Bertz CT molecular complexity index is 1090. The topological polar surface area (TPSA) is 88.4 Å². The van der Waals surface area contributed by atoms with Crippen molar-refractivity contribution in [3.8, 4) is 11.1 Å². The number of ether oxygens (including phenoxy) is 1. The number of aromatic nitrogens is 4. The van der Waals surface area contributed by atoms with Crippen molar-refractivity contribution < 1.29 is 9.53 Å². The number of nitrogens with zero attached hydrogens (tertiary/aromatic N) is 6. The molecule has 1 unspecified atom stereocenters. The number of carbonyl (C=O) groups is 1. The fraction of sp³-hybridized carbons (Fsp3) is 0.400. The van der Waals surface area contributed by atoms with Gasteiger partial charge in [-0.05, 0) is 17.7 Å². The molecule has 0 spiro atoms. The fourth-order valence-electron chi connectivity index (χ4n) is 4.45. The van der Waals surface area contributed by atoms with E-state index in [4.69, 9.17) is 4.74 Å². The lowest BCUT2D eigenvalue weighted by molar-refractivity contribution is 0.0830. The molecule has 3 aliphatic heterocycles. The molecule has 5 heterocycles. The van der Waals surface area contributed by atoms with Gasteiger partial charge in [-0.1, -0.05) is 6.07 Å². The molecule has 6 rings (SSSR count). The van der Waals surface area contributed by atoms with E-state index in [0.717, 1.165) is 54.2 Å². The van der Waals surface area contributed by atoms with E-state index in [0.29, 0.717) is 25.6 Å². The molecule has 0 saturated carbocycles. The maximum absolute atomic E-state index is 11.8. The van der Waals surface area contributed by atoms with Crippen LogP contribution in [0.2, 0.25) is 0 Å². The number of imidazole rings is 1. The van der Waals surface area contributed by atoms with Crippen molar-refractivity contribution >= 4 is 23.0 Å². The molecular weight excluding hydrogens is 370 g/mol. The molecule has 1 aromatic carbocycles. The summed E-state index contributed by atoms with van der Waals surface area (Å²) in [6.45, 7) is 5.01. The first-order valence-electron chi connectivity index (χ1n) is 9.95. The molecule has 29 heavy (non-hydrogen) atoms. The van der Waals surface area contributed by atoms with Gasteiger partial charge >= 0.3 is 6.03 Å². The van der Waals surface area contributed by atoms with Gasteiger partial charge in [0.1, 0.15) is 12.4 Å². The van der Waals surface area contributed by atoms with E-state index in [1.54, 1.807) is 0 Å². The lowest BCUT2D eigenvalue weighted by Crippen LogP contribution is -2.52. The minimum absolute atomic E-state index is 0.0370. The van der Waals surface area contributed by atoms with Gasteiger partial charge in [-0.25, -0.2) is 19.7 Å². The molecule has 1 atom stereocenters. The monoisotopic (exact) mass is 391 g/mol. The first-order valence-corrected chi connectivity index (χ1v) is 9.95. The zero-order chi connectivity index (χ0) is 19.4. The number of urea groups is 1. The van der Waals surface area contributed by atoms with E-state index in [-0.39, 0.29) is 12.1 Å². The molecule has 2 amide bonds. The third-order valence-corrected chi connectivity index (χ3v) is 6.00. The van der Waals surface area contributed by atoms with Crippen LogP contribution in [0.1, 0.15) is 5.82 Å². The highest BCUT2D eigenvalue weighted by atomic mass is 16.5. The van der Waals surface area contributed by atoms with Crippen molar-refractivity contribution in [2.75, 3.05) is 37.7 Å². The molecule has 3 aromatic rings. The first-order chi connectivity index (χ1) is 14.3. The number of hydrogen-bond acceptors (Lipinski definition) is 6. The summed E-state index contributed by atoms with van der Waals surface area (Å²) in [5, 5.41) is 2.90. The molecule has 2 fully saturated rings. The lowest BCUT2D eigenvalue weighted by atomic mass is 10.1. The second kappa shape index (κ2) is 6.41. The van der Waals surface area contributed by atoms with E-state index in [1.165, 1.54) is 0 Å². The number of carbonyl (C=O) groups excluding carboxylic acids is 1. The minimum atomic E-state index is 0.0370. The molecule has 0 aliphatic carbocycles. The minimum Gasteiger partial charge on any atom is -0.372 e. The number of amides is 2. The number of rotatable bonds is 2. The third-order valence-electron chi connectivity index (χ3n) is 6.00. The molecule has 0 radical (unpaired) electrons. The van der Waals surface area contributed by atoms with Crippen LogP contribution < -0.4 is 10.2 Å². The van der Waals surface area contributed by atoms with Gasteiger partial charge in [0.2, 0.25) is 5.95 Å². The summed E-state index contributed by atoms with van der Waals surface area (Å²) in [5.74, 6) is 1.70. The van der Waals surface area contributed by atoms with Crippen LogP contribution in [-0.4, -0.2) is 69.3 Å². The Morgan fingerprint density at radius 3 is 2.90 bits per heavy atom. The van der Waals surface area contributed by atoms with Gasteiger partial charge in [-0.3, -0.25) is 0 Å². The number of piperazine rings is 1. The summed E-state index contributed by atoms with van der Waals surface area (Å²) in [7, 11) is 0. The summed E-state index contributed by atoms with van der Waals surface area (Å²) in [6.07, 6.45) is 3.76. The molecule has 3 aliphatic rings. The molecule has 0 bridgehead atoms. The van der Waals surface area contributed by atoms with E-state index in [1.807, 2.05) is 23.4 Å². The summed E-state index contributed by atoms with van der Waals surface area (Å²) < 4.78 is 7.74. The predicted molar refractivity (Wildman–Crippen MR) is 107 cm³/mol. The number of nitrogens with one attached hydrogen (secondary N) is 1. The van der Waals surface area contributed by atoms with Gasteiger partial charge in [-0.2, -0.15) is 0 Å². The zero-order valence-corrected chi connectivity index (χ0v) is 15.9. The van der Waals surface area contributed by atoms with Gasteiger partial charge in [0.05, 0.1) is 23.7 Å². The van der Waals surface area contributed by atoms with Gasteiger partial charge < -0.3 is 24.4 Å². The van der Waals surface area contributed by atoms with Crippen LogP contribution >= 0.6 is 0 Å². The largest absolute Gasteiger partial charge is 0.372 e. The van der Waals surface area contributed by atoms with E-state index in [2.05, 4.69) is 41.9 Å². The van der Waals surface area contributed by atoms with Crippen molar-refractivity contribution in [2.24, 2.45) is 0 Å². The van der Waals surface area contributed by atoms with E-state index in [9.17, 15) is 4.79 Å². The maximum atomic E-state index is 11.8. The van der Waals surface area contributed by atoms with Crippen molar-refractivity contribution in [2.45, 2.75) is 19.2 Å². The van der Waals surface area contributed by atoms with Crippen LogP contribution in [0.4, 0.5) is 10.7 Å². The SMILES string of the molecule is O=C1NCC2CN(c3ncc(-c4ccc5nc6n(c5c4)CCOC6)cn3)CCN12. The summed E-state index contributed by atoms with van der Waals surface area (Å²) >= 11 is 0. The number of benzene rings is 1. The molecule has 2 saturated heterocycles. The lowest BCUT2D eigenvalue weighted by Gasteiger charge is -2.36. The van der Waals surface area contributed by atoms with Gasteiger partial charge in [-0.15, -0.1) is 0 Å². The van der Waals surface area contributed by atoms with Crippen molar-refractivity contribution in [1.29, 1.82) is 0 Å². The van der Waals surface area contributed by atoms with Crippen LogP contribution in [-0.2, 0) is 17.9 Å². The van der Waals surface area contributed by atoms with Crippen molar-refractivity contribution in [3.05, 3.63) is 36.4 Å². The average molecular weight is 391 g/mol. The molecule has 2 aromatic heterocycles. The molecule has 1 N–H and O–H groups in total. The number of anilines is 1. The second-order valence-corrected chi connectivity index (χ2v) is 7.69. The highest BCUT2D eigenvalue weighted by molar-refractivity contribution is 5.82. The Morgan fingerprint density at radius 1 is 1.10 bits per heavy atom. The van der Waals surface area contributed by atoms with E-state index >= 15 is 0 Å². The van der Waals surface area contributed by atoms with Crippen LogP contribution in [0.25, 0.3) is 22.2 Å². The fourth-order valence-corrected chi connectivity index (χ4v) is 4.45. The zero-order valence-electron chi connectivity index (χ0n) is 15.9. The molecule has 148 valence electrons. The number of fused-ring (bicyclic) bond motifs is 4. The average Bonchev–Trinajstić information content (AvgIpc) is 3.33. The van der Waals surface area contributed by atoms with Crippen LogP contribution in [0.5, 0.6) is 0 Å². The number of hydrogen-bond donors (Lipinski definition) is 1. The normalized spacial score (nSPS) is 21.2. The van der Waals surface area contributed by atoms with Crippen LogP contribution in [0.15, 0.2) is 30.6 Å². The molecule has 9 nitrogen and oxygen atoms in total.